The van der Waals surface area contributed by atoms with Crippen LogP contribution in [0.15, 0.2) is 42.5 Å². The van der Waals surface area contributed by atoms with E-state index in [9.17, 15) is 4.39 Å². The van der Waals surface area contributed by atoms with Crippen LogP contribution in [0.4, 0.5) is 21.5 Å². The van der Waals surface area contributed by atoms with E-state index >= 15 is 0 Å². The molecule has 0 aliphatic rings. The molecule has 0 radical (unpaired) electrons. The molecule has 2 N–H and O–H groups in total. The summed E-state index contributed by atoms with van der Waals surface area (Å²) in [6.45, 7) is 4.68. The van der Waals surface area contributed by atoms with Crippen molar-refractivity contribution in [2.45, 2.75) is 13.8 Å². The number of halogens is 1. The SMILES string of the molecule is CCN(c1cc(N)ccc1C)c1ccccc1F. The third-order valence-electron chi connectivity index (χ3n) is 2.98. The third kappa shape index (κ3) is 2.30. The molecule has 0 atom stereocenters. The first-order chi connectivity index (χ1) is 8.63. The molecule has 2 nitrogen and oxygen atoms in total. The van der Waals surface area contributed by atoms with Crippen LogP contribution in [0.25, 0.3) is 0 Å². The summed E-state index contributed by atoms with van der Waals surface area (Å²) in [5.41, 5.74) is 9.10. The predicted molar refractivity (Wildman–Crippen MR) is 74.7 cm³/mol. The van der Waals surface area contributed by atoms with E-state index in [1.807, 2.05) is 43.0 Å². The van der Waals surface area contributed by atoms with E-state index in [-0.39, 0.29) is 5.82 Å². The van der Waals surface area contributed by atoms with Crippen LogP contribution in [0, 0.1) is 12.7 Å². The molecule has 0 bridgehead atoms. The van der Waals surface area contributed by atoms with E-state index in [0.29, 0.717) is 17.9 Å². The Bertz CT molecular complexity index is 552. The first-order valence-electron chi connectivity index (χ1n) is 6.01. The summed E-state index contributed by atoms with van der Waals surface area (Å²) in [6, 6.07) is 12.5. The van der Waals surface area contributed by atoms with Crippen molar-refractivity contribution in [1.82, 2.24) is 0 Å². The first kappa shape index (κ1) is 12.4. The lowest BCUT2D eigenvalue weighted by atomic mass is 10.1. The molecule has 0 heterocycles. The summed E-state index contributed by atoms with van der Waals surface area (Å²) in [7, 11) is 0. The lowest BCUT2D eigenvalue weighted by molar-refractivity contribution is 0.625. The van der Waals surface area contributed by atoms with Gasteiger partial charge in [-0.25, -0.2) is 4.39 Å². The Labute approximate surface area is 107 Å². The van der Waals surface area contributed by atoms with Gasteiger partial charge in [0.15, 0.2) is 0 Å². The van der Waals surface area contributed by atoms with Gasteiger partial charge in [0.2, 0.25) is 0 Å². The Balaban J connectivity index is 2.52. The molecule has 0 amide bonds. The molecule has 0 unspecified atom stereocenters. The highest BCUT2D eigenvalue weighted by Crippen LogP contribution is 2.31. The standard InChI is InChI=1S/C15H17FN2/c1-3-18(14-7-5-4-6-13(14)16)15-10-12(17)9-8-11(15)2/h4-10H,3,17H2,1-2H3. The number of anilines is 3. The fourth-order valence-corrected chi connectivity index (χ4v) is 2.06. The number of benzene rings is 2. The van der Waals surface area contributed by atoms with E-state index in [1.165, 1.54) is 6.07 Å². The topological polar surface area (TPSA) is 29.3 Å². The molecular formula is C15H17FN2. The number of aryl methyl sites for hydroxylation is 1. The number of nitrogen functional groups attached to an aromatic ring is 1. The summed E-state index contributed by atoms with van der Waals surface area (Å²) in [4.78, 5) is 1.93. The van der Waals surface area contributed by atoms with Gasteiger partial charge in [0, 0.05) is 17.9 Å². The van der Waals surface area contributed by atoms with Gasteiger partial charge in [0.1, 0.15) is 5.82 Å². The Hall–Kier alpha value is -2.03. The Morgan fingerprint density at radius 3 is 2.50 bits per heavy atom. The average Bonchev–Trinajstić information content (AvgIpc) is 2.36. The molecule has 2 rings (SSSR count). The number of hydrogen-bond donors (Lipinski definition) is 1. The second kappa shape index (κ2) is 5.08. The molecule has 0 aromatic heterocycles. The van der Waals surface area contributed by atoms with Crippen molar-refractivity contribution in [2.75, 3.05) is 17.2 Å². The summed E-state index contributed by atoms with van der Waals surface area (Å²) in [6.07, 6.45) is 0. The van der Waals surface area contributed by atoms with Gasteiger partial charge in [0.05, 0.1) is 5.69 Å². The largest absolute Gasteiger partial charge is 0.399 e. The first-order valence-corrected chi connectivity index (χ1v) is 6.01. The number of hydrogen-bond acceptors (Lipinski definition) is 2. The molecule has 0 spiro atoms. The normalized spacial score (nSPS) is 10.4. The van der Waals surface area contributed by atoms with E-state index in [0.717, 1.165) is 11.3 Å². The van der Waals surface area contributed by atoms with Crippen LogP contribution in [-0.2, 0) is 0 Å². The molecule has 94 valence electrons. The van der Waals surface area contributed by atoms with Crippen LogP contribution in [0.3, 0.4) is 0 Å². The van der Waals surface area contributed by atoms with Gasteiger partial charge in [-0.15, -0.1) is 0 Å². The summed E-state index contributed by atoms with van der Waals surface area (Å²) in [5, 5.41) is 0. The van der Waals surface area contributed by atoms with E-state index in [1.54, 1.807) is 12.1 Å². The second-order valence-corrected chi connectivity index (χ2v) is 4.24. The molecule has 0 saturated heterocycles. The molecule has 0 aliphatic heterocycles. The molecule has 2 aromatic rings. The quantitative estimate of drug-likeness (QED) is 0.830. The van der Waals surface area contributed by atoms with Crippen LogP contribution in [-0.4, -0.2) is 6.54 Å². The lowest BCUT2D eigenvalue weighted by Gasteiger charge is -2.25. The minimum Gasteiger partial charge on any atom is -0.399 e. The highest BCUT2D eigenvalue weighted by molar-refractivity contribution is 5.70. The van der Waals surface area contributed by atoms with Crippen LogP contribution < -0.4 is 10.6 Å². The lowest BCUT2D eigenvalue weighted by Crippen LogP contribution is -2.18. The van der Waals surface area contributed by atoms with Gasteiger partial charge < -0.3 is 10.6 Å². The van der Waals surface area contributed by atoms with E-state index in [2.05, 4.69) is 0 Å². The number of rotatable bonds is 3. The number of nitrogens with zero attached hydrogens (tertiary/aromatic N) is 1. The fourth-order valence-electron chi connectivity index (χ4n) is 2.06. The Kier molecular flexibility index (Phi) is 3.51. The number of nitrogens with two attached hydrogens (primary N) is 1. The van der Waals surface area contributed by atoms with Crippen molar-refractivity contribution in [3.63, 3.8) is 0 Å². The Morgan fingerprint density at radius 2 is 1.83 bits per heavy atom. The maximum atomic E-state index is 13.9. The van der Waals surface area contributed by atoms with E-state index in [4.69, 9.17) is 5.73 Å². The van der Waals surface area contributed by atoms with Gasteiger partial charge in [-0.2, -0.15) is 0 Å². The zero-order chi connectivity index (χ0) is 13.1. The van der Waals surface area contributed by atoms with Crippen molar-refractivity contribution in [1.29, 1.82) is 0 Å². The Morgan fingerprint density at radius 1 is 1.11 bits per heavy atom. The van der Waals surface area contributed by atoms with E-state index < -0.39 is 0 Å². The van der Waals surface area contributed by atoms with Crippen molar-refractivity contribution >= 4 is 17.1 Å². The zero-order valence-electron chi connectivity index (χ0n) is 10.7. The third-order valence-corrected chi connectivity index (χ3v) is 2.98. The molecular weight excluding hydrogens is 227 g/mol. The van der Waals surface area contributed by atoms with Gasteiger partial charge in [-0.05, 0) is 43.7 Å². The second-order valence-electron chi connectivity index (χ2n) is 4.24. The monoisotopic (exact) mass is 244 g/mol. The minimum atomic E-state index is -0.221. The summed E-state index contributed by atoms with van der Waals surface area (Å²) >= 11 is 0. The molecule has 2 aromatic carbocycles. The molecule has 0 aliphatic carbocycles. The van der Waals surface area contributed by atoms with Crippen molar-refractivity contribution in [2.24, 2.45) is 0 Å². The van der Waals surface area contributed by atoms with Crippen molar-refractivity contribution in [3.8, 4) is 0 Å². The molecule has 0 saturated carbocycles. The van der Waals surface area contributed by atoms with Crippen molar-refractivity contribution in [3.05, 3.63) is 53.8 Å². The van der Waals surface area contributed by atoms with Gasteiger partial charge in [0.25, 0.3) is 0 Å². The van der Waals surface area contributed by atoms with Gasteiger partial charge in [-0.1, -0.05) is 18.2 Å². The minimum absolute atomic E-state index is 0.221. The molecule has 18 heavy (non-hydrogen) atoms. The van der Waals surface area contributed by atoms with Crippen LogP contribution in [0.5, 0.6) is 0 Å². The molecule has 3 heteroatoms. The van der Waals surface area contributed by atoms with Gasteiger partial charge in [-0.3, -0.25) is 0 Å². The van der Waals surface area contributed by atoms with Crippen LogP contribution >= 0.6 is 0 Å². The highest BCUT2D eigenvalue weighted by Gasteiger charge is 2.13. The van der Waals surface area contributed by atoms with Crippen LogP contribution in [0.2, 0.25) is 0 Å². The number of para-hydroxylation sites is 1. The predicted octanol–water partition coefficient (Wildman–Crippen LogP) is 3.87. The van der Waals surface area contributed by atoms with Crippen molar-refractivity contribution < 1.29 is 4.39 Å². The summed E-state index contributed by atoms with van der Waals surface area (Å²) in [5.74, 6) is -0.221. The highest BCUT2D eigenvalue weighted by atomic mass is 19.1. The smallest absolute Gasteiger partial charge is 0.146 e. The van der Waals surface area contributed by atoms with Crippen LogP contribution in [0.1, 0.15) is 12.5 Å². The summed E-state index contributed by atoms with van der Waals surface area (Å²) < 4.78 is 13.9. The maximum Gasteiger partial charge on any atom is 0.146 e. The fraction of sp³-hybridized carbons (Fsp3) is 0.200. The average molecular weight is 244 g/mol. The maximum absolute atomic E-state index is 13.9. The van der Waals surface area contributed by atoms with Gasteiger partial charge >= 0.3 is 0 Å². The zero-order valence-corrected chi connectivity index (χ0v) is 10.7. The molecule has 0 fully saturated rings.